The molecule has 7 heteroatoms. The van der Waals surface area contributed by atoms with E-state index >= 15 is 0 Å². The molecule has 3 aromatic heterocycles. The van der Waals surface area contributed by atoms with E-state index in [0.29, 0.717) is 13.2 Å². The smallest absolute Gasteiger partial charge is 0.119 e. The third-order valence-corrected chi connectivity index (χ3v) is 8.65. The van der Waals surface area contributed by atoms with Gasteiger partial charge in [-0.3, -0.25) is 0 Å². The van der Waals surface area contributed by atoms with Gasteiger partial charge in [-0.1, -0.05) is 38.1 Å². The van der Waals surface area contributed by atoms with Gasteiger partial charge in [-0.25, -0.2) is 9.97 Å². The van der Waals surface area contributed by atoms with Crippen molar-refractivity contribution in [3.63, 3.8) is 0 Å². The van der Waals surface area contributed by atoms with Crippen molar-refractivity contribution in [1.29, 1.82) is 0 Å². The number of nitrogens with zero attached hydrogens (tertiary/aromatic N) is 3. The van der Waals surface area contributed by atoms with Crippen LogP contribution in [0.4, 0.5) is 0 Å². The van der Waals surface area contributed by atoms with Crippen LogP contribution in [0, 0.1) is 0 Å². The minimum atomic E-state index is 0.692. The summed E-state index contributed by atoms with van der Waals surface area (Å²) in [6, 6.07) is 29.2. The van der Waals surface area contributed by atoms with E-state index in [4.69, 9.17) is 19.4 Å². The van der Waals surface area contributed by atoms with Crippen LogP contribution in [0.5, 0.6) is 11.5 Å². The molecule has 2 aliphatic rings. The van der Waals surface area contributed by atoms with Crippen LogP contribution in [0.25, 0.3) is 68.6 Å². The first-order valence-electron chi connectivity index (χ1n) is 16.8. The first kappa shape index (κ1) is 31.2. The maximum absolute atomic E-state index is 6.05. The Morgan fingerprint density at radius 3 is 1.58 bits per heavy atom. The number of nitrogens with one attached hydrogen (secondary N) is 2. The Labute approximate surface area is 281 Å². The second-order valence-electron chi connectivity index (χ2n) is 12.2. The van der Waals surface area contributed by atoms with Gasteiger partial charge in [0.1, 0.15) is 11.5 Å². The van der Waals surface area contributed by atoms with E-state index in [1.807, 2.05) is 24.3 Å². The third-order valence-electron chi connectivity index (χ3n) is 8.65. The van der Waals surface area contributed by atoms with E-state index in [2.05, 4.69) is 121 Å². The number of benzene rings is 2. The molecule has 0 spiro atoms. The summed E-state index contributed by atoms with van der Waals surface area (Å²) in [6.45, 7) is 7.74. The highest BCUT2D eigenvalue weighted by Crippen LogP contribution is 2.33. The maximum Gasteiger partial charge on any atom is 0.119 e. The van der Waals surface area contributed by atoms with E-state index in [0.717, 1.165) is 105 Å². The standard InChI is InChI=1S/C41H41N5O2/c1-4-24-47-34-15-7-28(8-16-34)40-36-19-11-30(42-36)26-32-13-21-38(44-32)41(39-22-14-33(45-39)27-31-12-20-37(40)43-31)29-9-17-35(18-10-29)48-25-6-23-46(3)5-2/h7-22,26-27,42,45H,4-6,23-25H2,1-3H3. The van der Waals surface area contributed by atoms with Gasteiger partial charge in [0.2, 0.25) is 0 Å². The molecule has 0 saturated heterocycles. The molecule has 0 fully saturated rings. The molecule has 5 heterocycles. The zero-order valence-electron chi connectivity index (χ0n) is 27.8. The summed E-state index contributed by atoms with van der Waals surface area (Å²) in [4.78, 5) is 19.7. The normalized spacial score (nSPS) is 12.2. The molecule has 0 unspecified atom stereocenters. The topological polar surface area (TPSA) is 79.1 Å². The van der Waals surface area contributed by atoms with Crippen molar-refractivity contribution in [2.24, 2.45) is 0 Å². The highest BCUT2D eigenvalue weighted by Gasteiger charge is 2.14. The lowest BCUT2D eigenvalue weighted by Crippen LogP contribution is -2.20. The molecular formula is C41H41N5O2. The molecule has 2 aliphatic heterocycles. The minimum Gasteiger partial charge on any atom is -0.494 e. The van der Waals surface area contributed by atoms with Crippen LogP contribution in [0.15, 0.2) is 84.9 Å². The van der Waals surface area contributed by atoms with Crippen LogP contribution in [0.3, 0.4) is 0 Å². The number of H-pyrrole nitrogens is 2. The van der Waals surface area contributed by atoms with Crippen molar-refractivity contribution in [3.05, 3.63) is 108 Å². The van der Waals surface area contributed by atoms with Gasteiger partial charge in [-0.2, -0.15) is 0 Å². The molecule has 7 rings (SSSR count). The Morgan fingerprint density at radius 1 is 0.604 bits per heavy atom. The summed E-state index contributed by atoms with van der Waals surface area (Å²) in [5.41, 5.74) is 11.7. The van der Waals surface area contributed by atoms with Crippen molar-refractivity contribution >= 4 is 46.4 Å². The summed E-state index contributed by atoms with van der Waals surface area (Å²) in [6.07, 6.45) is 10.3. The fourth-order valence-corrected chi connectivity index (χ4v) is 6.02. The summed E-state index contributed by atoms with van der Waals surface area (Å²) < 4.78 is 11.9. The lowest BCUT2D eigenvalue weighted by Gasteiger charge is -2.14. The van der Waals surface area contributed by atoms with Gasteiger partial charge in [-0.05, 0) is 123 Å². The van der Waals surface area contributed by atoms with Crippen molar-refractivity contribution in [3.8, 4) is 33.8 Å². The Hall–Kier alpha value is -5.40. The van der Waals surface area contributed by atoms with Crippen LogP contribution in [0.1, 0.15) is 49.5 Å². The highest BCUT2D eigenvalue weighted by molar-refractivity contribution is 5.93. The highest BCUT2D eigenvalue weighted by atomic mass is 16.5. The van der Waals surface area contributed by atoms with Crippen LogP contribution >= 0.6 is 0 Å². The molecule has 2 N–H and O–H groups in total. The summed E-state index contributed by atoms with van der Waals surface area (Å²) in [5, 5.41) is 0. The number of fused-ring (bicyclic) bond motifs is 8. The summed E-state index contributed by atoms with van der Waals surface area (Å²) in [7, 11) is 2.13. The number of hydrogen-bond acceptors (Lipinski definition) is 5. The van der Waals surface area contributed by atoms with Crippen molar-refractivity contribution in [2.45, 2.75) is 26.7 Å². The number of ether oxygens (including phenoxy) is 2. The molecule has 0 radical (unpaired) electrons. The fraction of sp³-hybridized carbons (Fsp3) is 0.220. The summed E-state index contributed by atoms with van der Waals surface area (Å²) >= 11 is 0. The average Bonchev–Trinajstić information content (AvgIpc) is 3.94. The van der Waals surface area contributed by atoms with Crippen LogP contribution < -0.4 is 9.47 Å². The molecule has 0 aliphatic carbocycles. The van der Waals surface area contributed by atoms with E-state index in [9.17, 15) is 0 Å². The molecule has 242 valence electrons. The molecule has 0 amide bonds. The van der Waals surface area contributed by atoms with E-state index in [1.165, 1.54) is 0 Å². The predicted molar refractivity (Wildman–Crippen MR) is 199 cm³/mol. The largest absolute Gasteiger partial charge is 0.494 e. The first-order chi connectivity index (χ1) is 23.6. The molecule has 5 aromatic rings. The lowest BCUT2D eigenvalue weighted by atomic mass is 10.0. The Bertz CT molecular complexity index is 2120. The zero-order valence-corrected chi connectivity index (χ0v) is 27.8. The van der Waals surface area contributed by atoms with E-state index in [-0.39, 0.29) is 0 Å². The Morgan fingerprint density at radius 2 is 1.10 bits per heavy atom. The van der Waals surface area contributed by atoms with Gasteiger partial charge >= 0.3 is 0 Å². The van der Waals surface area contributed by atoms with Crippen LogP contribution in [-0.2, 0) is 0 Å². The van der Waals surface area contributed by atoms with Crippen LogP contribution in [-0.4, -0.2) is 58.2 Å². The molecule has 0 atom stereocenters. The minimum absolute atomic E-state index is 0.692. The predicted octanol–water partition coefficient (Wildman–Crippen LogP) is 9.50. The Balaban J connectivity index is 1.31. The first-order valence-corrected chi connectivity index (χ1v) is 16.8. The second-order valence-corrected chi connectivity index (χ2v) is 12.2. The van der Waals surface area contributed by atoms with Crippen molar-refractivity contribution in [1.82, 2.24) is 24.8 Å². The number of rotatable bonds is 11. The molecule has 2 aromatic carbocycles. The van der Waals surface area contributed by atoms with Gasteiger partial charge in [0.25, 0.3) is 0 Å². The van der Waals surface area contributed by atoms with Crippen LogP contribution in [0.2, 0.25) is 0 Å². The second kappa shape index (κ2) is 14.2. The third kappa shape index (κ3) is 6.97. The molecule has 48 heavy (non-hydrogen) atoms. The van der Waals surface area contributed by atoms with Gasteiger partial charge in [0.05, 0.1) is 36.0 Å². The van der Waals surface area contributed by atoms with Crippen molar-refractivity contribution in [2.75, 3.05) is 33.4 Å². The van der Waals surface area contributed by atoms with Gasteiger partial charge < -0.3 is 24.3 Å². The molecule has 7 nitrogen and oxygen atoms in total. The van der Waals surface area contributed by atoms with E-state index < -0.39 is 0 Å². The molecule has 8 bridgehead atoms. The van der Waals surface area contributed by atoms with Gasteiger partial charge in [-0.15, -0.1) is 0 Å². The van der Waals surface area contributed by atoms with Gasteiger partial charge in [0.15, 0.2) is 0 Å². The number of aromatic nitrogens is 4. The van der Waals surface area contributed by atoms with Crippen molar-refractivity contribution < 1.29 is 9.47 Å². The average molecular weight is 636 g/mol. The lowest BCUT2D eigenvalue weighted by molar-refractivity contribution is 0.268. The molecular weight excluding hydrogens is 594 g/mol. The molecule has 0 saturated carbocycles. The Kier molecular flexibility index (Phi) is 9.20. The number of hydrogen-bond donors (Lipinski definition) is 2. The van der Waals surface area contributed by atoms with Gasteiger partial charge in [0, 0.05) is 39.7 Å². The quantitative estimate of drug-likeness (QED) is 0.138. The maximum atomic E-state index is 6.05. The van der Waals surface area contributed by atoms with E-state index in [1.54, 1.807) is 0 Å². The SMILES string of the molecule is CCCOc1ccc(-c2c3nc(cc4ccc([nH]4)c(-c4ccc(OCCCN(C)CC)cc4)c4nc(cc5ccc2[nH]5)C=C4)C=C3)cc1. The fourth-order valence-electron chi connectivity index (χ4n) is 6.02. The number of aromatic amines is 2. The zero-order chi connectivity index (χ0) is 32.9. The summed E-state index contributed by atoms with van der Waals surface area (Å²) in [5.74, 6) is 1.74. The monoisotopic (exact) mass is 635 g/mol.